The number of hydrogen-bond acceptors (Lipinski definition) is 5. The number of nitrogens with zero attached hydrogens (tertiary/aromatic N) is 2. The molecule has 0 unspecified atom stereocenters. The first kappa shape index (κ1) is 16.4. The number of carbonyl (C=O) groups is 1. The molecule has 6 heteroatoms. The van der Waals surface area contributed by atoms with Gasteiger partial charge in [-0.25, -0.2) is 0 Å². The van der Waals surface area contributed by atoms with E-state index < -0.39 is 6.10 Å². The van der Waals surface area contributed by atoms with Crippen LogP contribution in [0.15, 0.2) is 24.3 Å². The predicted molar refractivity (Wildman–Crippen MR) is 88.5 cm³/mol. The molecule has 0 aliphatic carbocycles. The number of hydrogen-bond donors (Lipinski definition) is 1. The molecular formula is C16H21N3O2S. The molecule has 1 atom stereocenters. The second kappa shape index (κ2) is 6.44. The van der Waals surface area contributed by atoms with E-state index >= 15 is 0 Å². The minimum Gasteiger partial charge on any atom is -0.481 e. The summed E-state index contributed by atoms with van der Waals surface area (Å²) in [6.45, 7) is 9.97. The highest BCUT2D eigenvalue weighted by Crippen LogP contribution is 2.26. The van der Waals surface area contributed by atoms with Crippen LogP contribution in [0.3, 0.4) is 0 Å². The normalized spacial score (nSPS) is 12.8. The highest BCUT2D eigenvalue weighted by Gasteiger charge is 2.18. The van der Waals surface area contributed by atoms with Crippen molar-refractivity contribution in [2.75, 3.05) is 5.32 Å². The van der Waals surface area contributed by atoms with Crippen LogP contribution in [0.2, 0.25) is 0 Å². The summed E-state index contributed by atoms with van der Waals surface area (Å²) >= 11 is 1.34. The SMILES string of the molecule is Cc1nnc(NC(=O)[C@H](C)Oc2cccc(C(C)(C)C)c2)s1. The predicted octanol–water partition coefficient (Wildman–Crippen LogP) is 3.55. The highest BCUT2D eigenvalue weighted by molar-refractivity contribution is 7.15. The van der Waals surface area contributed by atoms with Gasteiger partial charge in [-0.05, 0) is 37.0 Å². The molecule has 1 aromatic heterocycles. The van der Waals surface area contributed by atoms with Crippen molar-refractivity contribution in [3.63, 3.8) is 0 Å². The summed E-state index contributed by atoms with van der Waals surface area (Å²) in [7, 11) is 0. The van der Waals surface area contributed by atoms with Crippen molar-refractivity contribution >= 4 is 22.4 Å². The van der Waals surface area contributed by atoms with Crippen LogP contribution in [0.1, 0.15) is 38.3 Å². The van der Waals surface area contributed by atoms with Gasteiger partial charge >= 0.3 is 0 Å². The Hall–Kier alpha value is -1.95. The Morgan fingerprint density at radius 1 is 1.32 bits per heavy atom. The Morgan fingerprint density at radius 2 is 2.05 bits per heavy atom. The molecule has 22 heavy (non-hydrogen) atoms. The van der Waals surface area contributed by atoms with Crippen molar-refractivity contribution in [1.82, 2.24) is 10.2 Å². The zero-order valence-electron chi connectivity index (χ0n) is 13.5. The molecule has 0 fully saturated rings. The van der Waals surface area contributed by atoms with Crippen molar-refractivity contribution in [2.24, 2.45) is 0 Å². The van der Waals surface area contributed by atoms with Gasteiger partial charge in [-0.2, -0.15) is 0 Å². The molecular weight excluding hydrogens is 298 g/mol. The molecule has 0 radical (unpaired) electrons. The first-order chi connectivity index (χ1) is 10.3. The van der Waals surface area contributed by atoms with Crippen LogP contribution >= 0.6 is 11.3 Å². The van der Waals surface area contributed by atoms with Gasteiger partial charge in [0, 0.05) is 0 Å². The summed E-state index contributed by atoms with van der Waals surface area (Å²) < 4.78 is 5.74. The number of carbonyl (C=O) groups excluding carboxylic acids is 1. The van der Waals surface area contributed by atoms with Gasteiger partial charge in [0.1, 0.15) is 10.8 Å². The highest BCUT2D eigenvalue weighted by atomic mass is 32.1. The summed E-state index contributed by atoms with van der Waals surface area (Å²) in [6, 6.07) is 7.82. The molecule has 0 aliphatic heterocycles. The van der Waals surface area contributed by atoms with Crippen molar-refractivity contribution in [3.8, 4) is 5.75 Å². The van der Waals surface area contributed by atoms with Gasteiger partial charge in [0.05, 0.1) is 0 Å². The lowest BCUT2D eigenvalue weighted by molar-refractivity contribution is -0.122. The quantitative estimate of drug-likeness (QED) is 0.936. The maximum atomic E-state index is 12.1. The largest absolute Gasteiger partial charge is 0.481 e. The van der Waals surface area contributed by atoms with Crippen molar-refractivity contribution in [1.29, 1.82) is 0 Å². The van der Waals surface area contributed by atoms with E-state index in [-0.39, 0.29) is 11.3 Å². The van der Waals surface area contributed by atoms with Gasteiger partial charge in [-0.1, -0.05) is 44.2 Å². The lowest BCUT2D eigenvalue weighted by Crippen LogP contribution is -2.30. The first-order valence-electron chi connectivity index (χ1n) is 7.14. The van der Waals surface area contributed by atoms with E-state index in [1.165, 1.54) is 11.3 Å². The lowest BCUT2D eigenvalue weighted by atomic mass is 9.87. The summed E-state index contributed by atoms with van der Waals surface area (Å²) in [5.74, 6) is 0.445. The van der Waals surface area contributed by atoms with E-state index in [9.17, 15) is 4.79 Å². The molecule has 0 aliphatic rings. The molecule has 0 saturated carbocycles. The number of ether oxygens (including phenoxy) is 1. The number of amides is 1. The van der Waals surface area contributed by atoms with E-state index in [0.717, 1.165) is 10.6 Å². The third kappa shape index (κ3) is 4.27. The monoisotopic (exact) mass is 319 g/mol. The van der Waals surface area contributed by atoms with Gasteiger partial charge in [-0.3, -0.25) is 10.1 Å². The van der Waals surface area contributed by atoms with Gasteiger partial charge in [0.2, 0.25) is 5.13 Å². The number of benzene rings is 1. The average molecular weight is 319 g/mol. The Kier molecular flexibility index (Phi) is 4.81. The maximum Gasteiger partial charge on any atom is 0.266 e. The van der Waals surface area contributed by atoms with Crippen molar-refractivity contribution in [3.05, 3.63) is 34.8 Å². The van der Waals surface area contributed by atoms with Crippen molar-refractivity contribution < 1.29 is 9.53 Å². The van der Waals surface area contributed by atoms with E-state index in [1.807, 2.05) is 25.1 Å². The third-order valence-corrected chi connectivity index (χ3v) is 3.89. The Morgan fingerprint density at radius 3 is 2.64 bits per heavy atom. The summed E-state index contributed by atoms with van der Waals surface area (Å²) in [4.78, 5) is 12.1. The minimum atomic E-state index is -0.612. The average Bonchev–Trinajstić information content (AvgIpc) is 2.83. The number of aryl methyl sites for hydroxylation is 1. The maximum absolute atomic E-state index is 12.1. The number of aromatic nitrogens is 2. The topological polar surface area (TPSA) is 64.1 Å². The summed E-state index contributed by atoms with van der Waals surface area (Å²) in [5, 5.41) is 11.7. The minimum absolute atomic E-state index is 0.0367. The zero-order valence-corrected chi connectivity index (χ0v) is 14.3. The fourth-order valence-electron chi connectivity index (χ4n) is 1.85. The third-order valence-electron chi connectivity index (χ3n) is 3.14. The molecule has 5 nitrogen and oxygen atoms in total. The zero-order chi connectivity index (χ0) is 16.3. The molecule has 0 spiro atoms. The van der Waals surface area contributed by atoms with Crippen LogP contribution in [0.5, 0.6) is 5.75 Å². The Balaban J connectivity index is 2.02. The van der Waals surface area contributed by atoms with Gasteiger partial charge in [-0.15, -0.1) is 10.2 Å². The van der Waals surface area contributed by atoms with Crippen LogP contribution in [0, 0.1) is 6.92 Å². The van der Waals surface area contributed by atoms with Gasteiger partial charge < -0.3 is 4.74 Å². The summed E-state index contributed by atoms with van der Waals surface area (Å²) in [5.41, 5.74) is 1.20. The van der Waals surface area contributed by atoms with Gasteiger partial charge in [0.15, 0.2) is 6.10 Å². The Bertz CT molecular complexity index is 661. The molecule has 1 amide bonds. The van der Waals surface area contributed by atoms with E-state index in [1.54, 1.807) is 6.92 Å². The molecule has 2 aromatic rings. The van der Waals surface area contributed by atoms with E-state index in [2.05, 4.69) is 42.4 Å². The molecule has 2 rings (SSSR count). The van der Waals surface area contributed by atoms with Gasteiger partial charge in [0.25, 0.3) is 5.91 Å². The first-order valence-corrected chi connectivity index (χ1v) is 7.95. The lowest BCUT2D eigenvalue weighted by Gasteiger charge is -2.20. The van der Waals surface area contributed by atoms with Crippen molar-refractivity contribution in [2.45, 2.75) is 46.1 Å². The van der Waals surface area contributed by atoms with Crippen LogP contribution in [0.4, 0.5) is 5.13 Å². The van der Waals surface area contributed by atoms with Crippen LogP contribution in [0.25, 0.3) is 0 Å². The fourth-order valence-corrected chi connectivity index (χ4v) is 2.44. The second-order valence-electron chi connectivity index (χ2n) is 6.15. The molecule has 1 N–H and O–H groups in total. The summed E-state index contributed by atoms with van der Waals surface area (Å²) in [6.07, 6.45) is -0.612. The standard InChI is InChI=1S/C16H21N3O2S/c1-10(14(20)17-15-19-18-11(2)22-15)21-13-8-6-7-12(9-13)16(3,4)5/h6-10H,1-5H3,(H,17,19,20)/t10-/m0/s1. The van der Waals surface area contributed by atoms with Crippen LogP contribution in [-0.2, 0) is 10.2 Å². The van der Waals surface area contributed by atoms with E-state index in [0.29, 0.717) is 10.9 Å². The molecule has 0 saturated heterocycles. The molecule has 118 valence electrons. The van der Waals surface area contributed by atoms with E-state index in [4.69, 9.17) is 4.74 Å². The smallest absolute Gasteiger partial charge is 0.266 e. The van der Waals surface area contributed by atoms with Crippen LogP contribution in [-0.4, -0.2) is 22.2 Å². The molecule has 1 aromatic carbocycles. The second-order valence-corrected chi connectivity index (χ2v) is 7.34. The Labute approximate surface area is 134 Å². The fraction of sp³-hybridized carbons (Fsp3) is 0.438. The number of nitrogens with one attached hydrogen (secondary N) is 1. The number of anilines is 1. The molecule has 0 bridgehead atoms. The van der Waals surface area contributed by atoms with Crippen LogP contribution < -0.4 is 10.1 Å². The number of rotatable bonds is 4. The molecule has 1 heterocycles.